The standard InChI is InChI=1S/C22H25N7/c23-16-5-3-15(4-6-16)19-20(22-25-11-14-29(22)27-21(19)24)26-17-7-9-18(10-8-17)28-12-1-2-13-28/h1-2,7-16,26H,3-6,23H2,(H2,24,27). The maximum atomic E-state index is 6.42. The van der Waals surface area contributed by atoms with Crippen molar-refractivity contribution in [3.63, 3.8) is 0 Å². The Kier molecular flexibility index (Phi) is 4.44. The number of benzene rings is 1. The van der Waals surface area contributed by atoms with Crippen molar-refractivity contribution in [3.05, 3.63) is 66.7 Å². The van der Waals surface area contributed by atoms with Gasteiger partial charge in [-0.25, -0.2) is 9.50 Å². The molecule has 5 rings (SSSR count). The van der Waals surface area contributed by atoms with Crippen LogP contribution in [0.5, 0.6) is 0 Å². The Labute approximate surface area is 169 Å². The average Bonchev–Trinajstić information content (AvgIpc) is 3.42. The largest absolute Gasteiger partial charge is 0.382 e. The summed E-state index contributed by atoms with van der Waals surface area (Å²) >= 11 is 0. The lowest BCUT2D eigenvalue weighted by Crippen LogP contribution is -2.26. The summed E-state index contributed by atoms with van der Waals surface area (Å²) in [5, 5.41) is 8.12. The van der Waals surface area contributed by atoms with Crippen molar-refractivity contribution in [2.75, 3.05) is 11.1 Å². The lowest BCUT2D eigenvalue weighted by Gasteiger charge is -2.28. The molecule has 1 fully saturated rings. The van der Waals surface area contributed by atoms with Crippen molar-refractivity contribution < 1.29 is 0 Å². The Hall–Kier alpha value is -3.32. The lowest BCUT2D eigenvalue weighted by molar-refractivity contribution is 0.396. The molecule has 0 amide bonds. The number of anilines is 3. The van der Waals surface area contributed by atoms with E-state index in [0.717, 1.165) is 54.0 Å². The van der Waals surface area contributed by atoms with Crippen molar-refractivity contribution in [2.45, 2.75) is 37.6 Å². The summed E-state index contributed by atoms with van der Waals surface area (Å²) in [7, 11) is 0. The fraction of sp³-hybridized carbons (Fsp3) is 0.273. The number of imidazole rings is 1. The molecule has 0 radical (unpaired) electrons. The van der Waals surface area contributed by atoms with Gasteiger partial charge in [-0.1, -0.05) is 0 Å². The third-order valence-corrected chi connectivity index (χ3v) is 5.83. The van der Waals surface area contributed by atoms with E-state index in [0.29, 0.717) is 11.7 Å². The molecule has 3 aromatic heterocycles. The van der Waals surface area contributed by atoms with E-state index in [2.05, 4.69) is 44.2 Å². The van der Waals surface area contributed by atoms with E-state index in [9.17, 15) is 0 Å². The predicted octanol–water partition coefficient (Wildman–Crippen LogP) is 3.83. The van der Waals surface area contributed by atoms with E-state index in [1.54, 1.807) is 10.7 Å². The molecule has 7 nitrogen and oxygen atoms in total. The van der Waals surface area contributed by atoms with E-state index in [1.807, 2.05) is 30.7 Å². The van der Waals surface area contributed by atoms with Gasteiger partial charge in [-0.05, 0) is 68.0 Å². The molecule has 0 unspecified atom stereocenters. The molecule has 0 spiro atoms. The van der Waals surface area contributed by atoms with Crippen LogP contribution in [0, 0.1) is 0 Å². The van der Waals surface area contributed by atoms with Gasteiger partial charge in [-0.3, -0.25) is 0 Å². The first-order valence-corrected chi connectivity index (χ1v) is 10.1. The third-order valence-electron chi connectivity index (χ3n) is 5.83. The molecular formula is C22H25N7. The first-order chi connectivity index (χ1) is 14.2. The lowest BCUT2D eigenvalue weighted by atomic mass is 9.81. The number of hydrogen-bond donors (Lipinski definition) is 3. The van der Waals surface area contributed by atoms with Crippen molar-refractivity contribution in [1.82, 2.24) is 19.2 Å². The van der Waals surface area contributed by atoms with Crippen molar-refractivity contribution in [3.8, 4) is 5.69 Å². The van der Waals surface area contributed by atoms with Gasteiger partial charge < -0.3 is 21.4 Å². The Morgan fingerprint density at radius 2 is 1.69 bits per heavy atom. The Morgan fingerprint density at radius 1 is 0.966 bits per heavy atom. The van der Waals surface area contributed by atoms with Crippen LogP contribution in [0.25, 0.3) is 11.3 Å². The van der Waals surface area contributed by atoms with Crippen LogP contribution >= 0.6 is 0 Å². The van der Waals surface area contributed by atoms with Crippen LogP contribution in [-0.2, 0) is 0 Å². The summed E-state index contributed by atoms with van der Waals surface area (Å²) < 4.78 is 3.82. The number of nitrogen functional groups attached to an aromatic ring is 1. The molecule has 1 aromatic carbocycles. The first-order valence-electron chi connectivity index (χ1n) is 10.1. The van der Waals surface area contributed by atoms with Gasteiger partial charge in [-0.15, -0.1) is 5.10 Å². The zero-order chi connectivity index (χ0) is 19.8. The SMILES string of the molecule is Nc1nn2ccnc2c(Nc2ccc(-n3cccc3)cc2)c1C1CCC(N)CC1. The smallest absolute Gasteiger partial charge is 0.177 e. The van der Waals surface area contributed by atoms with Crippen molar-refractivity contribution in [1.29, 1.82) is 0 Å². The molecule has 148 valence electrons. The van der Waals surface area contributed by atoms with E-state index < -0.39 is 0 Å². The average molecular weight is 387 g/mol. The highest BCUT2D eigenvalue weighted by Crippen LogP contribution is 2.41. The number of rotatable bonds is 4. The molecule has 7 heteroatoms. The van der Waals surface area contributed by atoms with Gasteiger partial charge in [0.25, 0.3) is 0 Å². The van der Waals surface area contributed by atoms with Gasteiger partial charge in [0.15, 0.2) is 5.65 Å². The second kappa shape index (κ2) is 7.25. The van der Waals surface area contributed by atoms with Crippen LogP contribution in [0.15, 0.2) is 61.2 Å². The van der Waals surface area contributed by atoms with Crippen LogP contribution in [0.1, 0.15) is 37.2 Å². The molecule has 1 saturated carbocycles. The fourth-order valence-electron chi connectivity index (χ4n) is 4.29. The molecule has 0 atom stereocenters. The number of aromatic nitrogens is 4. The summed E-state index contributed by atoms with van der Waals surface area (Å²) in [5.41, 5.74) is 17.4. The Balaban J connectivity index is 1.53. The van der Waals surface area contributed by atoms with Gasteiger partial charge >= 0.3 is 0 Å². The number of fused-ring (bicyclic) bond motifs is 1. The van der Waals surface area contributed by atoms with Crippen LogP contribution in [0.4, 0.5) is 17.2 Å². The zero-order valence-electron chi connectivity index (χ0n) is 16.2. The predicted molar refractivity (Wildman–Crippen MR) is 116 cm³/mol. The van der Waals surface area contributed by atoms with Gasteiger partial charge in [0.1, 0.15) is 5.82 Å². The second-order valence-electron chi connectivity index (χ2n) is 7.74. The minimum atomic E-state index is 0.285. The highest BCUT2D eigenvalue weighted by atomic mass is 15.3. The van der Waals surface area contributed by atoms with E-state index in [-0.39, 0.29) is 6.04 Å². The Bertz CT molecular complexity index is 1100. The van der Waals surface area contributed by atoms with Crippen molar-refractivity contribution >= 4 is 22.8 Å². The summed E-state index contributed by atoms with van der Waals surface area (Å²) in [5.74, 6) is 0.896. The third kappa shape index (κ3) is 3.34. The quantitative estimate of drug-likeness (QED) is 0.494. The summed E-state index contributed by atoms with van der Waals surface area (Å²) in [6.07, 6.45) is 11.7. The van der Waals surface area contributed by atoms with Gasteiger partial charge in [0, 0.05) is 47.8 Å². The molecule has 3 heterocycles. The number of nitrogens with zero attached hydrogens (tertiary/aromatic N) is 4. The minimum absolute atomic E-state index is 0.285. The molecule has 0 aliphatic heterocycles. The maximum Gasteiger partial charge on any atom is 0.177 e. The van der Waals surface area contributed by atoms with Gasteiger partial charge in [0.05, 0.1) is 5.69 Å². The van der Waals surface area contributed by atoms with E-state index >= 15 is 0 Å². The van der Waals surface area contributed by atoms with Gasteiger partial charge in [0.2, 0.25) is 0 Å². The fourth-order valence-corrected chi connectivity index (χ4v) is 4.29. The molecule has 0 saturated heterocycles. The topological polar surface area (TPSA) is 99.2 Å². The van der Waals surface area contributed by atoms with Crippen LogP contribution in [0.3, 0.4) is 0 Å². The van der Waals surface area contributed by atoms with Crippen LogP contribution in [-0.4, -0.2) is 25.2 Å². The molecule has 0 bridgehead atoms. The molecule has 1 aliphatic carbocycles. The van der Waals surface area contributed by atoms with E-state index in [4.69, 9.17) is 11.5 Å². The van der Waals surface area contributed by atoms with Gasteiger partial charge in [-0.2, -0.15) is 0 Å². The number of hydrogen-bond acceptors (Lipinski definition) is 5. The minimum Gasteiger partial charge on any atom is -0.382 e. The van der Waals surface area contributed by atoms with Crippen molar-refractivity contribution in [2.24, 2.45) is 5.73 Å². The second-order valence-corrected chi connectivity index (χ2v) is 7.74. The Morgan fingerprint density at radius 3 is 2.41 bits per heavy atom. The zero-order valence-corrected chi connectivity index (χ0v) is 16.2. The summed E-state index contributed by atoms with van der Waals surface area (Å²) in [4.78, 5) is 4.54. The number of nitrogens with one attached hydrogen (secondary N) is 1. The number of nitrogens with two attached hydrogens (primary N) is 2. The van der Waals surface area contributed by atoms with Crippen LogP contribution < -0.4 is 16.8 Å². The maximum absolute atomic E-state index is 6.42. The monoisotopic (exact) mass is 387 g/mol. The van der Waals surface area contributed by atoms with Crippen LogP contribution in [0.2, 0.25) is 0 Å². The highest BCUT2D eigenvalue weighted by molar-refractivity contribution is 5.80. The molecular weight excluding hydrogens is 362 g/mol. The summed E-state index contributed by atoms with van der Waals surface area (Å²) in [6, 6.07) is 12.7. The molecule has 5 N–H and O–H groups in total. The first kappa shape index (κ1) is 17.8. The summed E-state index contributed by atoms with van der Waals surface area (Å²) in [6.45, 7) is 0. The molecule has 4 aromatic rings. The molecule has 29 heavy (non-hydrogen) atoms. The normalized spacial score (nSPS) is 19.5. The van der Waals surface area contributed by atoms with E-state index in [1.165, 1.54) is 0 Å². The molecule has 1 aliphatic rings. The highest BCUT2D eigenvalue weighted by Gasteiger charge is 2.27.